The van der Waals surface area contributed by atoms with Crippen LogP contribution in [0.1, 0.15) is 12.5 Å². The Balaban J connectivity index is 1.41. The minimum Gasteiger partial charge on any atom is -0.323 e. The summed E-state index contributed by atoms with van der Waals surface area (Å²) in [5, 5.41) is 1.78. The normalized spacial score (nSPS) is 19.8. The number of carbonyl (C=O) groups is 1. The van der Waals surface area contributed by atoms with E-state index in [0.29, 0.717) is 30.4 Å². The number of thiophene rings is 1. The molecule has 1 fully saturated rings. The molecule has 8 heteroatoms. The number of sulfonamides is 1. The predicted molar refractivity (Wildman–Crippen MR) is 106 cm³/mol. The zero-order valence-electron chi connectivity index (χ0n) is 15.3. The van der Waals surface area contributed by atoms with Gasteiger partial charge in [-0.1, -0.05) is 24.3 Å². The number of nitrogens with zero attached hydrogens (tertiary/aromatic N) is 2. The summed E-state index contributed by atoms with van der Waals surface area (Å²) in [6, 6.07) is 11.3. The first-order chi connectivity index (χ1) is 13.0. The summed E-state index contributed by atoms with van der Waals surface area (Å²) in [5.41, 5.74) is 2.24. The van der Waals surface area contributed by atoms with Gasteiger partial charge in [0.1, 0.15) is 4.21 Å². The Kier molecular flexibility index (Phi) is 5.07. The van der Waals surface area contributed by atoms with Gasteiger partial charge in [-0.05, 0) is 36.4 Å². The zero-order chi connectivity index (χ0) is 19.0. The maximum absolute atomic E-state index is 13.0. The van der Waals surface area contributed by atoms with Crippen molar-refractivity contribution in [2.45, 2.75) is 23.6 Å². The third kappa shape index (κ3) is 3.42. The molecule has 6 nitrogen and oxygen atoms in total. The summed E-state index contributed by atoms with van der Waals surface area (Å²) >= 11 is 1.25. The molecule has 1 aromatic carbocycles. The number of fused-ring (bicyclic) bond motifs is 1. The smallest absolute Gasteiger partial charge is 0.284 e. The van der Waals surface area contributed by atoms with E-state index in [1.165, 1.54) is 16.9 Å². The number of para-hydroxylation sites is 1. The Morgan fingerprint density at radius 2 is 1.85 bits per heavy atom. The molecule has 0 saturated carbocycles. The molecule has 1 aromatic heterocycles. The predicted octanol–water partition coefficient (Wildman–Crippen LogP) is 0.615. The van der Waals surface area contributed by atoms with Crippen molar-refractivity contribution in [2.75, 3.05) is 37.6 Å². The van der Waals surface area contributed by atoms with Crippen molar-refractivity contribution in [3.63, 3.8) is 0 Å². The summed E-state index contributed by atoms with van der Waals surface area (Å²) in [4.78, 5) is 16.1. The third-order valence-corrected chi connectivity index (χ3v) is 8.86. The molecule has 0 spiro atoms. The summed E-state index contributed by atoms with van der Waals surface area (Å²) in [7, 11) is -3.40. The molecule has 0 bridgehead atoms. The Labute approximate surface area is 164 Å². The molecule has 2 aromatic rings. The number of anilines is 1. The number of benzene rings is 1. The first-order valence-corrected chi connectivity index (χ1v) is 11.6. The Morgan fingerprint density at radius 1 is 1.11 bits per heavy atom. The second-order valence-corrected chi connectivity index (χ2v) is 10.2. The molecule has 1 N–H and O–H groups in total. The lowest BCUT2D eigenvalue weighted by Crippen LogP contribution is -3.19. The lowest BCUT2D eigenvalue weighted by molar-refractivity contribution is -0.917. The maximum Gasteiger partial charge on any atom is 0.284 e. The first kappa shape index (κ1) is 18.6. The number of nitrogens with one attached hydrogen (secondary N) is 1. The number of carbonyl (C=O) groups excluding carboxylic acids is 1. The molecule has 1 saturated heterocycles. The highest BCUT2D eigenvalue weighted by Gasteiger charge is 2.37. The molecule has 27 heavy (non-hydrogen) atoms. The van der Waals surface area contributed by atoms with E-state index in [2.05, 4.69) is 6.07 Å². The van der Waals surface area contributed by atoms with Gasteiger partial charge in [0.2, 0.25) is 0 Å². The molecule has 0 unspecified atom stereocenters. The van der Waals surface area contributed by atoms with E-state index in [1.54, 1.807) is 21.8 Å². The first-order valence-electron chi connectivity index (χ1n) is 9.26. The van der Waals surface area contributed by atoms with E-state index >= 15 is 0 Å². The molecular formula is C19H24N3O3S2+. The number of rotatable bonds is 4. The molecule has 4 rings (SSSR count). The number of quaternary nitrogens is 1. The monoisotopic (exact) mass is 406 g/mol. The molecule has 2 aliphatic heterocycles. The lowest BCUT2D eigenvalue weighted by atomic mass is 10.1. The number of hydrogen-bond donors (Lipinski definition) is 1. The van der Waals surface area contributed by atoms with Crippen LogP contribution in [0.3, 0.4) is 0 Å². The molecule has 144 valence electrons. The summed E-state index contributed by atoms with van der Waals surface area (Å²) in [6.45, 7) is 4.88. The van der Waals surface area contributed by atoms with E-state index in [-0.39, 0.29) is 11.9 Å². The fourth-order valence-electron chi connectivity index (χ4n) is 3.96. The summed E-state index contributed by atoms with van der Waals surface area (Å²) < 4.78 is 27.3. The van der Waals surface area contributed by atoms with Crippen molar-refractivity contribution < 1.29 is 18.1 Å². The van der Waals surface area contributed by atoms with Crippen LogP contribution in [0, 0.1) is 0 Å². The van der Waals surface area contributed by atoms with Gasteiger partial charge in [-0.2, -0.15) is 4.31 Å². The summed E-state index contributed by atoms with van der Waals surface area (Å²) in [6.07, 6.45) is 0.900. The van der Waals surface area contributed by atoms with Gasteiger partial charge >= 0.3 is 0 Å². The van der Waals surface area contributed by atoms with Crippen molar-refractivity contribution in [2.24, 2.45) is 0 Å². The standard InChI is InChI=1S/C19H23N3O3S2/c1-15(19(23)22-9-8-16-5-2-3-6-17(16)22)20-10-12-21(13-11-20)27(24,25)18-7-4-14-26-18/h2-7,14-15H,8-13H2,1H3/p+1/t15-/m1/s1. The van der Waals surface area contributed by atoms with E-state index < -0.39 is 10.0 Å². The number of piperazine rings is 1. The van der Waals surface area contributed by atoms with Gasteiger partial charge in [-0.3, -0.25) is 4.79 Å². The van der Waals surface area contributed by atoms with E-state index in [4.69, 9.17) is 0 Å². The molecule has 0 aliphatic carbocycles. The molecule has 3 heterocycles. The topological polar surface area (TPSA) is 62.1 Å². The highest BCUT2D eigenvalue weighted by Crippen LogP contribution is 2.27. The van der Waals surface area contributed by atoms with Gasteiger partial charge < -0.3 is 9.80 Å². The number of amides is 1. The van der Waals surface area contributed by atoms with E-state index in [9.17, 15) is 13.2 Å². The molecule has 0 radical (unpaired) electrons. The number of hydrogen-bond acceptors (Lipinski definition) is 4. The van der Waals surface area contributed by atoms with Crippen molar-refractivity contribution in [3.8, 4) is 0 Å². The molecule has 2 aliphatic rings. The Bertz CT molecular complexity index is 919. The lowest BCUT2D eigenvalue weighted by Gasteiger charge is -2.35. The van der Waals surface area contributed by atoms with Gasteiger partial charge in [0.05, 0.1) is 26.2 Å². The van der Waals surface area contributed by atoms with Crippen molar-refractivity contribution in [1.29, 1.82) is 0 Å². The van der Waals surface area contributed by atoms with Crippen LogP contribution >= 0.6 is 11.3 Å². The van der Waals surface area contributed by atoms with E-state index in [0.717, 1.165) is 23.6 Å². The fourth-order valence-corrected chi connectivity index (χ4v) is 6.55. The second kappa shape index (κ2) is 7.35. The minimum absolute atomic E-state index is 0.129. The van der Waals surface area contributed by atoms with Crippen LogP contribution in [0.15, 0.2) is 46.0 Å². The minimum atomic E-state index is -3.40. The zero-order valence-corrected chi connectivity index (χ0v) is 16.9. The fraction of sp³-hybridized carbons (Fsp3) is 0.421. The Morgan fingerprint density at radius 3 is 2.56 bits per heavy atom. The van der Waals surface area contributed by atoms with E-state index in [1.807, 2.05) is 30.0 Å². The van der Waals surface area contributed by atoms with Crippen LogP contribution in [0.2, 0.25) is 0 Å². The molecule has 1 amide bonds. The van der Waals surface area contributed by atoms with Gasteiger partial charge in [0, 0.05) is 12.2 Å². The highest BCUT2D eigenvalue weighted by atomic mass is 32.2. The van der Waals surface area contributed by atoms with Crippen molar-refractivity contribution in [1.82, 2.24) is 4.31 Å². The average Bonchev–Trinajstić information content (AvgIpc) is 3.37. The van der Waals surface area contributed by atoms with Crippen LogP contribution in [0.4, 0.5) is 5.69 Å². The summed E-state index contributed by atoms with van der Waals surface area (Å²) in [5.74, 6) is 0.129. The molecule has 1 atom stereocenters. The van der Waals surface area contributed by atoms with Crippen LogP contribution in [0.5, 0.6) is 0 Å². The van der Waals surface area contributed by atoms with Crippen LogP contribution < -0.4 is 9.80 Å². The maximum atomic E-state index is 13.0. The van der Waals surface area contributed by atoms with Gasteiger partial charge in [-0.15, -0.1) is 11.3 Å². The van der Waals surface area contributed by atoms with Crippen molar-refractivity contribution >= 4 is 33.0 Å². The highest BCUT2D eigenvalue weighted by molar-refractivity contribution is 7.91. The van der Waals surface area contributed by atoms with Crippen LogP contribution in [-0.4, -0.2) is 57.4 Å². The van der Waals surface area contributed by atoms with Gasteiger partial charge in [0.25, 0.3) is 15.9 Å². The SMILES string of the molecule is C[C@H](C(=O)N1CCc2ccccc21)[NH+]1CCN(S(=O)(=O)c2cccs2)CC1. The van der Waals surface area contributed by atoms with Gasteiger partial charge in [0.15, 0.2) is 6.04 Å². The molecular weight excluding hydrogens is 382 g/mol. The largest absolute Gasteiger partial charge is 0.323 e. The quantitative estimate of drug-likeness (QED) is 0.810. The Hall–Kier alpha value is -1.74. The third-order valence-electron chi connectivity index (χ3n) is 5.59. The van der Waals surface area contributed by atoms with Crippen LogP contribution in [-0.2, 0) is 21.2 Å². The van der Waals surface area contributed by atoms with Crippen LogP contribution in [0.25, 0.3) is 0 Å². The van der Waals surface area contributed by atoms with Crippen molar-refractivity contribution in [3.05, 3.63) is 47.3 Å². The average molecular weight is 407 g/mol. The van der Waals surface area contributed by atoms with Gasteiger partial charge in [-0.25, -0.2) is 8.42 Å². The second-order valence-electron chi connectivity index (χ2n) is 7.08.